The molecular weight excluding hydrogens is 412 g/mol. The summed E-state index contributed by atoms with van der Waals surface area (Å²) >= 11 is 0. The summed E-state index contributed by atoms with van der Waals surface area (Å²) in [6.07, 6.45) is -4.26. The number of ether oxygens (including phenoxy) is 8. The lowest BCUT2D eigenvalue weighted by Gasteiger charge is -2.45. The quantitative estimate of drug-likeness (QED) is 0.570. The van der Waals surface area contributed by atoms with Crippen LogP contribution in [-0.4, -0.2) is 105 Å². The Morgan fingerprint density at radius 2 is 1.06 bits per heavy atom. The molecule has 10 heteroatoms. The molecule has 0 aliphatic carbocycles. The van der Waals surface area contributed by atoms with Gasteiger partial charge in [-0.2, -0.15) is 0 Å². The van der Waals surface area contributed by atoms with Crippen LogP contribution in [0.1, 0.15) is 40.0 Å². The lowest BCUT2D eigenvalue weighted by atomic mass is 9.99. The first-order valence-electron chi connectivity index (χ1n) is 11.0. The van der Waals surface area contributed by atoms with E-state index >= 15 is 0 Å². The van der Waals surface area contributed by atoms with E-state index in [2.05, 4.69) is 0 Å². The lowest BCUT2D eigenvalue weighted by Crippen LogP contribution is -2.56. The summed E-state index contributed by atoms with van der Waals surface area (Å²) in [6.45, 7) is 5.54. The molecule has 0 aromatic heterocycles. The molecule has 0 saturated carbocycles. The van der Waals surface area contributed by atoms with Crippen LogP contribution in [0.5, 0.6) is 0 Å². The van der Waals surface area contributed by atoms with Crippen LogP contribution in [0.4, 0.5) is 0 Å². The van der Waals surface area contributed by atoms with E-state index in [1.54, 1.807) is 28.3 Å². The van der Waals surface area contributed by atoms with Crippen molar-refractivity contribution in [1.82, 2.24) is 0 Å². The maximum absolute atomic E-state index is 10.2. The summed E-state index contributed by atoms with van der Waals surface area (Å²) in [5.41, 5.74) is 0. The predicted molar refractivity (Wildman–Crippen MR) is 107 cm³/mol. The zero-order valence-electron chi connectivity index (χ0n) is 19.2. The third-order valence-corrected chi connectivity index (χ3v) is 6.43. The summed E-state index contributed by atoms with van der Waals surface area (Å²) in [5.74, 6) is 0. The molecule has 10 nitrogen and oxygen atoms in total. The van der Waals surface area contributed by atoms with Crippen LogP contribution in [0.3, 0.4) is 0 Å². The van der Waals surface area contributed by atoms with Gasteiger partial charge in [-0.1, -0.05) is 0 Å². The maximum atomic E-state index is 10.2. The van der Waals surface area contributed by atoms with Crippen molar-refractivity contribution >= 4 is 0 Å². The smallest absolute Gasteiger partial charge is 0.161 e. The van der Waals surface area contributed by atoms with Gasteiger partial charge in [-0.05, 0) is 20.8 Å². The van der Waals surface area contributed by atoms with Gasteiger partial charge in [-0.15, -0.1) is 0 Å². The molecule has 0 aromatic carbocycles. The average molecular weight is 451 g/mol. The standard InChI is InChI=1S/C21H38O10/c1-10-19(23)13(24-4)8-17(28-10)30-21-12(3)29-18(9-15(21)26-6)31-20-11(2)27-16(22)7-14(20)25-5/h10-23H,7-9H2,1-6H3/t10-,11-,12-,13+,14-,15+,16+,17+,18-,19-,20-,21-/m1/s1. The lowest BCUT2D eigenvalue weighted by molar-refractivity contribution is -0.334. The van der Waals surface area contributed by atoms with Crippen molar-refractivity contribution in [3.8, 4) is 0 Å². The summed E-state index contributed by atoms with van der Waals surface area (Å²) in [7, 11) is 4.79. The molecule has 12 atom stereocenters. The van der Waals surface area contributed by atoms with Crippen molar-refractivity contribution in [1.29, 1.82) is 0 Å². The highest BCUT2D eigenvalue weighted by Gasteiger charge is 2.45. The van der Waals surface area contributed by atoms with Gasteiger partial charge in [0.15, 0.2) is 18.9 Å². The van der Waals surface area contributed by atoms with Crippen LogP contribution in [0.15, 0.2) is 0 Å². The molecule has 3 fully saturated rings. The van der Waals surface area contributed by atoms with Crippen molar-refractivity contribution in [2.45, 2.75) is 114 Å². The van der Waals surface area contributed by atoms with Crippen molar-refractivity contribution in [3.05, 3.63) is 0 Å². The van der Waals surface area contributed by atoms with E-state index in [0.29, 0.717) is 19.3 Å². The van der Waals surface area contributed by atoms with Crippen LogP contribution >= 0.6 is 0 Å². The zero-order valence-corrected chi connectivity index (χ0v) is 19.2. The topological polar surface area (TPSA) is 114 Å². The molecule has 3 aliphatic rings. The highest BCUT2D eigenvalue weighted by molar-refractivity contribution is 4.88. The fourth-order valence-corrected chi connectivity index (χ4v) is 4.64. The van der Waals surface area contributed by atoms with Crippen LogP contribution in [0.25, 0.3) is 0 Å². The summed E-state index contributed by atoms with van der Waals surface area (Å²) < 4.78 is 46.4. The Kier molecular flexibility index (Phi) is 9.07. The normalized spacial score (nSPS) is 49.2. The zero-order chi connectivity index (χ0) is 22.7. The first kappa shape index (κ1) is 25.2. The third kappa shape index (κ3) is 5.94. The van der Waals surface area contributed by atoms with Gasteiger partial charge < -0.3 is 48.1 Å². The van der Waals surface area contributed by atoms with Crippen LogP contribution in [0, 0.1) is 0 Å². The Bertz CT molecular complexity index is 550. The molecular formula is C21H38O10. The average Bonchev–Trinajstić information content (AvgIpc) is 2.73. The Morgan fingerprint density at radius 3 is 1.61 bits per heavy atom. The number of hydrogen-bond acceptors (Lipinski definition) is 10. The van der Waals surface area contributed by atoms with Gasteiger partial charge in [0, 0.05) is 40.6 Å². The minimum absolute atomic E-state index is 0.285. The van der Waals surface area contributed by atoms with Crippen LogP contribution < -0.4 is 0 Å². The van der Waals surface area contributed by atoms with Gasteiger partial charge in [-0.25, -0.2) is 0 Å². The monoisotopic (exact) mass is 450 g/mol. The Labute approximate surface area is 184 Å². The molecule has 2 N–H and O–H groups in total. The fourth-order valence-electron chi connectivity index (χ4n) is 4.64. The highest BCUT2D eigenvalue weighted by Crippen LogP contribution is 2.33. The molecule has 182 valence electrons. The molecule has 0 amide bonds. The molecule has 3 aliphatic heterocycles. The van der Waals surface area contributed by atoms with E-state index in [1.165, 1.54) is 0 Å². The van der Waals surface area contributed by atoms with Crippen LogP contribution in [-0.2, 0) is 37.9 Å². The van der Waals surface area contributed by atoms with Gasteiger partial charge in [0.1, 0.15) is 18.3 Å². The SMILES string of the molecule is CO[C@H]1C[C@H](O[C@H]2[C@@H](OC)C[C@@H](O[C@@H]3[C@@H](C)O[C@H](O)C[C@H]3OC)O[C@@H]2C)O[C@H](C)[C@H]1O. The molecule has 3 rings (SSSR count). The summed E-state index contributed by atoms with van der Waals surface area (Å²) in [5, 5.41) is 20.0. The van der Waals surface area contributed by atoms with E-state index in [9.17, 15) is 10.2 Å². The maximum Gasteiger partial charge on any atom is 0.161 e. The molecule has 31 heavy (non-hydrogen) atoms. The van der Waals surface area contributed by atoms with E-state index in [-0.39, 0.29) is 42.7 Å². The Balaban J connectivity index is 1.60. The molecule has 0 aromatic rings. The second-order valence-corrected chi connectivity index (χ2v) is 8.56. The number of aliphatic hydroxyl groups excluding tert-OH is 2. The van der Waals surface area contributed by atoms with Crippen molar-refractivity contribution in [2.24, 2.45) is 0 Å². The van der Waals surface area contributed by atoms with Crippen molar-refractivity contribution < 1.29 is 48.1 Å². The van der Waals surface area contributed by atoms with Crippen molar-refractivity contribution in [3.63, 3.8) is 0 Å². The summed E-state index contributed by atoms with van der Waals surface area (Å²) in [4.78, 5) is 0. The van der Waals surface area contributed by atoms with Gasteiger partial charge in [0.05, 0.1) is 36.6 Å². The highest BCUT2D eigenvalue weighted by atomic mass is 16.7. The van der Waals surface area contributed by atoms with E-state index in [0.717, 1.165) is 0 Å². The van der Waals surface area contributed by atoms with E-state index in [4.69, 9.17) is 37.9 Å². The minimum Gasteiger partial charge on any atom is -0.388 e. The Hall–Kier alpha value is -0.400. The van der Waals surface area contributed by atoms with Gasteiger partial charge >= 0.3 is 0 Å². The third-order valence-electron chi connectivity index (χ3n) is 6.43. The van der Waals surface area contributed by atoms with Gasteiger partial charge in [-0.3, -0.25) is 0 Å². The second kappa shape index (κ2) is 11.1. The predicted octanol–water partition coefficient (Wildman–Crippen LogP) is 0.560. The fraction of sp³-hybridized carbons (Fsp3) is 1.00. The van der Waals surface area contributed by atoms with E-state index in [1.807, 2.05) is 13.8 Å². The number of hydrogen-bond donors (Lipinski definition) is 2. The molecule has 3 saturated heterocycles. The molecule has 0 radical (unpaired) electrons. The van der Waals surface area contributed by atoms with Gasteiger partial charge in [0.2, 0.25) is 0 Å². The summed E-state index contributed by atoms with van der Waals surface area (Å²) in [6, 6.07) is 0. The van der Waals surface area contributed by atoms with E-state index < -0.39 is 31.1 Å². The van der Waals surface area contributed by atoms with Gasteiger partial charge in [0.25, 0.3) is 0 Å². The minimum atomic E-state index is -0.872. The first-order valence-corrected chi connectivity index (χ1v) is 11.0. The molecule has 0 unspecified atom stereocenters. The largest absolute Gasteiger partial charge is 0.388 e. The number of methoxy groups -OCH3 is 3. The molecule has 3 heterocycles. The first-order chi connectivity index (χ1) is 14.8. The molecule has 0 spiro atoms. The molecule has 0 bridgehead atoms. The Morgan fingerprint density at radius 1 is 0.613 bits per heavy atom. The number of aliphatic hydroxyl groups is 2. The van der Waals surface area contributed by atoms with Crippen molar-refractivity contribution in [2.75, 3.05) is 21.3 Å². The number of rotatable bonds is 7. The second-order valence-electron chi connectivity index (χ2n) is 8.56. The van der Waals surface area contributed by atoms with Crippen LogP contribution in [0.2, 0.25) is 0 Å².